The number of nitrogens with zero attached hydrogens (tertiary/aromatic N) is 6. The number of rotatable bonds is 4. The Morgan fingerprint density at radius 2 is 1.94 bits per heavy atom. The molecule has 2 aromatic heterocycles. The lowest BCUT2D eigenvalue weighted by atomic mass is 9.93. The van der Waals surface area contributed by atoms with Crippen LogP contribution in [0.25, 0.3) is 5.78 Å². The fraction of sp³-hybridized carbons (Fsp3) is 0.217. The molecule has 0 bridgehead atoms. The van der Waals surface area contributed by atoms with E-state index in [9.17, 15) is 9.59 Å². The third-order valence-corrected chi connectivity index (χ3v) is 5.36. The first-order valence-corrected chi connectivity index (χ1v) is 10.9. The lowest BCUT2D eigenvalue weighted by molar-refractivity contribution is 0.0733. The van der Waals surface area contributed by atoms with Crippen molar-refractivity contribution < 1.29 is 9.53 Å². The summed E-state index contributed by atoms with van der Waals surface area (Å²) in [6.07, 6.45) is 2.85. The third kappa shape index (κ3) is 4.61. The number of esters is 1. The molecule has 0 radical (unpaired) electrons. The molecule has 4 rings (SSSR count). The molecule has 9 nitrogen and oxygen atoms in total. The molecule has 0 amide bonds. The van der Waals surface area contributed by atoms with Crippen LogP contribution in [0.4, 0.5) is 0 Å². The van der Waals surface area contributed by atoms with Crippen molar-refractivity contribution >= 4 is 33.9 Å². The molecule has 0 saturated heterocycles. The smallest absolute Gasteiger partial charge is 0.343 e. The number of aryl methyl sites for hydroxylation is 1. The Morgan fingerprint density at radius 3 is 2.67 bits per heavy atom. The highest BCUT2D eigenvalue weighted by Gasteiger charge is 2.24. The quantitative estimate of drug-likeness (QED) is 0.236. The Morgan fingerprint density at radius 1 is 1.18 bits per heavy atom. The fourth-order valence-electron chi connectivity index (χ4n) is 3.14. The molecule has 0 aliphatic carbocycles. The Kier molecular flexibility index (Phi) is 5.94. The predicted molar refractivity (Wildman–Crippen MR) is 127 cm³/mol. The molecule has 0 aliphatic rings. The summed E-state index contributed by atoms with van der Waals surface area (Å²) in [7, 11) is 0. The molecule has 0 N–H and O–H groups in total. The average Bonchev–Trinajstić information content (AvgIpc) is 3.22. The standard InChI is InChI=1S/C23H21BrN6O3/c1-14-7-5-6-8-17(14)21(32)33-18-10-9-16(24)11-15(18)12-26-30-20(31)19(23(2,3)4)28-29-13-25-27-22(29)30/h5-13H,1-4H3. The number of benzene rings is 2. The van der Waals surface area contributed by atoms with E-state index in [0.717, 1.165) is 14.7 Å². The van der Waals surface area contributed by atoms with Crippen molar-refractivity contribution in [3.63, 3.8) is 0 Å². The zero-order valence-corrected chi connectivity index (χ0v) is 20.1. The van der Waals surface area contributed by atoms with E-state index in [1.807, 2.05) is 39.8 Å². The van der Waals surface area contributed by atoms with Gasteiger partial charge in [0, 0.05) is 15.5 Å². The number of hydrogen-bond acceptors (Lipinski definition) is 7. The van der Waals surface area contributed by atoms with E-state index in [0.29, 0.717) is 22.6 Å². The van der Waals surface area contributed by atoms with Gasteiger partial charge in [0.05, 0.1) is 11.8 Å². The SMILES string of the molecule is Cc1ccccc1C(=O)Oc1ccc(Br)cc1C=Nn1c(=O)c(C(C)(C)C)nn2cnnc12. The number of hydrogen-bond donors (Lipinski definition) is 0. The zero-order valence-electron chi connectivity index (χ0n) is 18.5. The molecule has 10 heteroatoms. The summed E-state index contributed by atoms with van der Waals surface area (Å²) in [6.45, 7) is 7.50. The normalized spacial score (nSPS) is 11.9. The van der Waals surface area contributed by atoms with E-state index in [2.05, 4.69) is 36.3 Å². The number of carbonyl (C=O) groups excluding carboxylic acids is 1. The molecule has 33 heavy (non-hydrogen) atoms. The first-order valence-electron chi connectivity index (χ1n) is 10.1. The Balaban J connectivity index is 1.76. The largest absolute Gasteiger partial charge is 0.422 e. The minimum atomic E-state index is -0.517. The first-order chi connectivity index (χ1) is 15.6. The molecule has 0 fully saturated rings. The van der Waals surface area contributed by atoms with Crippen molar-refractivity contribution in [1.29, 1.82) is 0 Å². The van der Waals surface area contributed by atoms with Crippen molar-refractivity contribution in [2.24, 2.45) is 5.10 Å². The van der Waals surface area contributed by atoms with Crippen LogP contribution in [0.3, 0.4) is 0 Å². The highest BCUT2D eigenvalue weighted by molar-refractivity contribution is 9.10. The summed E-state index contributed by atoms with van der Waals surface area (Å²) in [5.74, 6) is -0.0236. The zero-order chi connectivity index (χ0) is 23.8. The summed E-state index contributed by atoms with van der Waals surface area (Å²) in [5, 5.41) is 16.5. The van der Waals surface area contributed by atoms with Crippen LogP contribution in [0.15, 0.2) is 63.2 Å². The molecule has 0 spiro atoms. The van der Waals surface area contributed by atoms with Crippen LogP contribution < -0.4 is 10.3 Å². The summed E-state index contributed by atoms with van der Waals surface area (Å²) in [6, 6.07) is 12.3. The number of fused-ring (bicyclic) bond motifs is 1. The van der Waals surface area contributed by atoms with Gasteiger partial charge in [-0.2, -0.15) is 19.4 Å². The topological polar surface area (TPSA) is 104 Å². The molecule has 0 aliphatic heterocycles. The second-order valence-corrected chi connectivity index (χ2v) is 9.34. The molecular formula is C23H21BrN6O3. The first kappa shape index (κ1) is 22.5. The van der Waals surface area contributed by atoms with E-state index in [1.165, 1.54) is 17.1 Å². The van der Waals surface area contributed by atoms with Crippen LogP contribution in [0.5, 0.6) is 5.75 Å². The molecule has 2 heterocycles. The monoisotopic (exact) mass is 508 g/mol. The molecule has 0 saturated carbocycles. The van der Waals surface area contributed by atoms with Crippen molar-refractivity contribution in [3.05, 3.63) is 86.0 Å². The molecule has 2 aromatic carbocycles. The highest BCUT2D eigenvalue weighted by Crippen LogP contribution is 2.24. The van der Waals surface area contributed by atoms with E-state index in [1.54, 1.807) is 30.3 Å². The maximum atomic E-state index is 13.1. The van der Waals surface area contributed by atoms with Crippen LogP contribution in [-0.2, 0) is 5.41 Å². The molecular weight excluding hydrogens is 488 g/mol. The van der Waals surface area contributed by atoms with E-state index < -0.39 is 16.9 Å². The van der Waals surface area contributed by atoms with Gasteiger partial charge in [-0.15, -0.1) is 10.2 Å². The maximum Gasteiger partial charge on any atom is 0.343 e. The van der Waals surface area contributed by atoms with Gasteiger partial charge in [0.25, 0.3) is 11.3 Å². The lowest BCUT2D eigenvalue weighted by Gasteiger charge is -2.17. The number of halogens is 1. The number of aromatic nitrogens is 5. The fourth-order valence-corrected chi connectivity index (χ4v) is 3.52. The van der Waals surface area contributed by atoms with Crippen molar-refractivity contribution in [1.82, 2.24) is 24.5 Å². The number of ether oxygens (including phenoxy) is 1. The molecule has 0 atom stereocenters. The van der Waals surface area contributed by atoms with E-state index in [-0.39, 0.29) is 5.78 Å². The van der Waals surface area contributed by atoms with Crippen LogP contribution >= 0.6 is 15.9 Å². The maximum absolute atomic E-state index is 13.1. The minimum absolute atomic E-state index is 0.165. The second-order valence-electron chi connectivity index (χ2n) is 8.42. The Labute approximate surface area is 197 Å². The van der Waals surface area contributed by atoms with Gasteiger partial charge in [0.2, 0.25) is 0 Å². The van der Waals surface area contributed by atoms with Gasteiger partial charge in [-0.3, -0.25) is 4.79 Å². The van der Waals surface area contributed by atoms with Gasteiger partial charge in [0.1, 0.15) is 17.8 Å². The van der Waals surface area contributed by atoms with E-state index in [4.69, 9.17) is 4.74 Å². The lowest BCUT2D eigenvalue weighted by Crippen LogP contribution is -2.33. The van der Waals surface area contributed by atoms with Gasteiger partial charge < -0.3 is 4.74 Å². The minimum Gasteiger partial charge on any atom is -0.422 e. The number of carbonyl (C=O) groups is 1. The molecule has 0 unspecified atom stereocenters. The summed E-state index contributed by atoms with van der Waals surface area (Å²) in [4.78, 5) is 25.8. The van der Waals surface area contributed by atoms with Crippen LogP contribution in [0.1, 0.15) is 48.0 Å². The summed E-state index contributed by atoms with van der Waals surface area (Å²) in [5.41, 5.74) is 1.15. The van der Waals surface area contributed by atoms with Gasteiger partial charge in [-0.1, -0.05) is 54.9 Å². The van der Waals surface area contributed by atoms with Crippen LogP contribution in [0.2, 0.25) is 0 Å². The summed E-state index contributed by atoms with van der Waals surface area (Å²) < 4.78 is 8.94. The average molecular weight is 509 g/mol. The van der Waals surface area contributed by atoms with Crippen molar-refractivity contribution in [2.75, 3.05) is 0 Å². The highest BCUT2D eigenvalue weighted by atomic mass is 79.9. The molecule has 168 valence electrons. The Hall–Kier alpha value is -3.66. The van der Waals surface area contributed by atoms with E-state index >= 15 is 0 Å². The third-order valence-electron chi connectivity index (χ3n) is 4.87. The molecule has 4 aromatic rings. The van der Waals surface area contributed by atoms with Gasteiger partial charge >= 0.3 is 5.97 Å². The van der Waals surface area contributed by atoms with Gasteiger partial charge in [-0.05, 0) is 36.8 Å². The van der Waals surface area contributed by atoms with Gasteiger partial charge in [0.15, 0.2) is 0 Å². The van der Waals surface area contributed by atoms with Crippen LogP contribution in [-0.4, -0.2) is 36.7 Å². The van der Waals surface area contributed by atoms with Crippen LogP contribution in [0, 0.1) is 6.92 Å². The van der Waals surface area contributed by atoms with Gasteiger partial charge in [-0.25, -0.2) is 4.79 Å². The predicted octanol–water partition coefficient (Wildman–Crippen LogP) is 3.76. The Bertz CT molecular complexity index is 1450. The van der Waals surface area contributed by atoms with Crippen molar-refractivity contribution in [3.8, 4) is 5.75 Å². The van der Waals surface area contributed by atoms with Crippen molar-refractivity contribution in [2.45, 2.75) is 33.1 Å². The second kappa shape index (κ2) is 8.70. The summed E-state index contributed by atoms with van der Waals surface area (Å²) >= 11 is 3.42.